The molecule has 1 saturated heterocycles. The number of benzene rings is 1. The molecule has 1 fully saturated rings. The van der Waals surface area contributed by atoms with Crippen molar-refractivity contribution in [2.45, 2.75) is 32.7 Å². The molecule has 0 aliphatic carbocycles. The number of aromatic nitrogens is 1. The molecule has 1 aromatic carbocycles. The summed E-state index contributed by atoms with van der Waals surface area (Å²) < 4.78 is 0. The minimum absolute atomic E-state index is 0.0287. The van der Waals surface area contributed by atoms with Crippen molar-refractivity contribution in [2.75, 3.05) is 6.54 Å². The Morgan fingerprint density at radius 1 is 1.30 bits per heavy atom. The van der Waals surface area contributed by atoms with Crippen LogP contribution in [0.5, 0.6) is 0 Å². The van der Waals surface area contributed by atoms with Gasteiger partial charge in [-0.3, -0.25) is 19.7 Å². The van der Waals surface area contributed by atoms with Crippen LogP contribution >= 0.6 is 0 Å². The van der Waals surface area contributed by atoms with Crippen molar-refractivity contribution in [2.24, 2.45) is 0 Å². The van der Waals surface area contributed by atoms with E-state index in [0.29, 0.717) is 12.1 Å². The molecule has 1 aromatic heterocycles. The molecule has 0 unspecified atom stereocenters. The molecule has 2 heterocycles. The molecule has 0 radical (unpaired) electrons. The lowest BCUT2D eigenvalue weighted by atomic mass is 10.1. The van der Waals surface area contributed by atoms with Gasteiger partial charge in [-0.05, 0) is 18.9 Å². The molecule has 1 aliphatic rings. The summed E-state index contributed by atoms with van der Waals surface area (Å²) in [5, 5.41) is 3.10. The highest BCUT2D eigenvalue weighted by molar-refractivity contribution is 6.11. The number of para-hydroxylation sites is 1. The number of H-pyrrole nitrogens is 1. The number of amides is 3. The molecule has 1 atom stereocenters. The summed E-state index contributed by atoms with van der Waals surface area (Å²) in [5.41, 5.74) is 2.61. The summed E-state index contributed by atoms with van der Waals surface area (Å²) in [7, 11) is 0. The van der Waals surface area contributed by atoms with Gasteiger partial charge in [0.1, 0.15) is 6.04 Å². The van der Waals surface area contributed by atoms with E-state index < -0.39 is 11.9 Å². The number of fused-ring (bicyclic) bond motifs is 1. The maximum absolute atomic E-state index is 12.9. The molecule has 0 bridgehead atoms. The van der Waals surface area contributed by atoms with Crippen molar-refractivity contribution < 1.29 is 14.4 Å². The summed E-state index contributed by atoms with van der Waals surface area (Å²) >= 11 is 0. The fourth-order valence-corrected chi connectivity index (χ4v) is 3.14. The van der Waals surface area contributed by atoms with Crippen LogP contribution in [0, 0.1) is 0 Å². The third-order valence-corrected chi connectivity index (χ3v) is 4.33. The summed E-state index contributed by atoms with van der Waals surface area (Å²) in [4.78, 5) is 40.8. The summed E-state index contributed by atoms with van der Waals surface area (Å²) in [6, 6.07) is 5.12. The Kier molecular flexibility index (Phi) is 3.90. The number of aryl methyl sites for hydroxylation is 1. The van der Waals surface area contributed by atoms with Crippen LogP contribution in [0.4, 0.5) is 0 Å². The molecule has 0 saturated carbocycles. The first-order valence-corrected chi connectivity index (χ1v) is 7.80. The minimum atomic E-state index is -0.723. The van der Waals surface area contributed by atoms with Crippen molar-refractivity contribution in [3.05, 3.63) is 35.5 Å². The number of nitrogens with zero attached hydrogens (tertiary/aromatic N) is 1. The van der Waals surface area contributed by atoms with Gasteiger partial charge in [0.05, 0.1) is 12.0 Å². The Bertz CT molecular complexity index is 793. The van der Waals surface area contributed by atoms with Crippen molar-refractivity contribution >= 4 is 28.6 Å². The second-order valence-electron chi connectivity index (χ2n) is 5.62. The highest BCUT2D eigenvalue weighted by Gasteiger charge is 2.37. The third-order valence-electron chi connectivity index (χ3n) is 4.33. The molecule has 0 spiro atoms. The number of aromatic amines is 1. The summed E-state index contributed by atoms with van der Waals surface area (Å²) in [5.74, 6) is -0.973. The predicted molar refractivity (Wildman–Crippen MR) is 85.9 cm³/mol. The van der Waals surface area contributed by atoms with Gasteiger partial charge in [0.15, 0.2) is 0 Å². The molecule has 6 nitrogen and oxygen atoms in total. The first-order chi connectivity index (χ1) is 11.1. The Morgan fingerprint density at radius 2 is 2.09 bits per heavy atom. The molecule has 120 valence electrons. The molecule has 1 aliphatic heterocycles. The zero-order valence-electron chi connectivity index (χ0n) is 13.2. The first kappa shape index (κ1) is 15.3. The van der Waals surface area contributed by atoms with E-state index in [1.165, 1.54) is 4.90 Å². The number of likely N-dealkylation sites (N-methyl/N-ethyl adjacent to an activating group) is 1. The Hall–Kier alpha value is -2.63. The van der Waals surface area contributed by atoms with Gasteiger partial charge in [-0.25, -0.2) is 0 Å². The Morgan fingerprint density at radius 3 is 2.70 bits per heavy atom. The maximum Gasteiger partial charge on any atom is 0.256 e. The number of imide groups is 1. The number of carbonyl (C=O) groups is 3. The van der Waals surface area contributed by atoms with Crippen LogP contribution in [0.25, 0.3) is 10.9 Å². The van der Waals surface area contributed by atoms with E-state index in [-0.39, 0.29) is 18.2 Å². The van der Waals surface area contributed by atoms with Gasteiger partial charge in [-0.1, -0.05) is 25.1 Å². The molecule has 3 amide bonds. The maximum atomic E-state index is 12.9. The van der Waals surface area contributed by atoms with Gasteiger partial charge in [0.2, 0.25) is 11.8 Å². The van der Waals surface area contributed by atoms with E-state index >= 15 is 0 Å². The summed E-state index contributed by atoms with van der Waals surface area (Å²) in [6.45, 7) is 4.23. The third kappa shape index (κ3) is 2.50. The molecular formula is C17H19N3O3. The lowest BCUT2D eigenvalue weighted by Gasteiger charge is -2.25. The molecule has 2 N–H and O–H groups in total. The quantitative estimate of drug-likeness (QED) is 0.841. The predicted octanol–water partition coefficient (Wildman–Crippen LogP) is 1.61. The molecule has 23 heavy (non-hydrogen) atoms. The Balaban J connectivity index is 1.99. The number of carbonyl (C=O) groups excluding carboxylic acids is 3. The average Bonchev–Trinajstić information content (AvgIpc) is 3.11. The van der Waals surface area contributed by atoms with Gasteiger partial charge in [-0.15, -0.1) is 0 Å². The van der Waals surface area contributed by atoms with E-state index in [0.717, 1.165) is 22.9 Å². The molecular weight excluding hydrogens is 294 g/mol. The molecule has 6 heteroatoms. The number of hydrogen-bond acceptors (Lipinski definition) is 3. The molecule has 2 aromatic rings. The van der Waals surface area contributed by atoms with Crippen molar-refractivity contribution in [3.63, 3.8) is 0 Å². The SMILES string of the molecule is CCc1cccc2c(C(=O)N(CC)[C@H]3CC(=O)NC3=O)c[nH]c12. The van der Waals surface area contributed by atoms with Gasteiger partial charge < -0.3 is 9.88 Å². The van der Waals surface area contributed by atoms with E-state index in [1.807, 2.05) is 18.2 Å². The van der Waals surface area contributed by atoms with E-state index in [4.69, 9.17) is 0 Å². The smallest absolute Gasteiger partial charge is 0.256 e. The van der Waals surface area contributed by atoms with E-state index in [2.05, 4.69) is 17.2 Å². The largest absolute Gasteiger partial charge is 0.360 e. The zero-order valence-corrected chi connectivity index (χ0v) is 13.2. The van der Waals surface area contributed by atoms with E-state index in [1.54, 1.807) is 13.1 Å². The zero-order chi connectivity index (χ0) is 16.6. The van der Waals surface area contributed by atoms with Crippen LogP contribution in [-0.2, 0) is 16.0 Å². The second kappa shape index (κ2) is 5.87. The van der Waals surface area contributed by atoms with Gasteiger partial charge in [0.25, 0.3) is 5.91 Å². The van der Waals surface area contributed by atoms with Crippen molar-refractivity contribution in [1.29, 1.82) is 0 Å². The average molecular weight is 313 g/mol. The second-order valence-corrected chi connectivity index (χ2v) is 5.62. The fraction of sp³-hybridized carbons (Fsp3) is 0.353. The highest BCUT2D eigenvalue weighted by atomic mass is 16.2. The van der Waals surface area contributed by atoms with Crippen LogP contribution < -0.4 is 5.32 Å². The first-order valence-electron chi connectivity index (χ1n) is 7.80. The minimum Gasteiger partial charge on any atom is -0.360 e. The highest BCUT2D eigenvalue weighted by Crippen LogP contribution is 2.25. The van der Waals surface area contributed by atoms with E-state index in [9.17, 15) is 14.4 Å². The van der Waals surface area contributed by atoms with Crippen LogP contribution in [0.1, 0.15) is 36.2 Å². The standard InChI is InChI=1S/C17H19N3O3/c1-3-10-6-5-7-11-12(9-18-15(10)11)17(23)20(4-2)13-8-14(21)19-16(13)22/h5-7,9,13,18H,3-4,8H2,1-2H3,(H,19,21,22)/t13-/m0/s1. The topological polar surface area (TPSA) is 82.3 Å². The van der Waals surface area contributed by atoms with Gasteiger partial charge >= 0.3 is 0 Å². The lowest BCUT2D eigenvalue weighted by Crippen LogP contribution is -2.44. The van der Waals surface area contributed by atoms with Gasteiger partial charge in [0, 0.05) is 23.6 Å². The monoisotopic (exact) mass is 313 g/mol. The van der Waals surface area contributed by atoms with Crippen LogP contribution in [0.15, 0.2) is 24.4 Å². The fourth-order valence-electron chi connectivity index (χ4n) is 3.14. The van der Waals surface area contributed by atoms with Gasteiger partial charge in [-0.2, -0.15) is 0 Å². The normalized spacial score (nSPS) is 17.6. The number of nitrogens with one attached hydrogen (secondary N) is 2. The van der Waals surface area contributed by atoms with Crippen LogP contribution in [-0.4, -0.2) is 40.2 Å². The number of hydrogen-bond donors (Lipinski definition) is 2. The lowest BCUT2D eigenvalue weighted by molar-refractivity contribution is -0.126. The summed E-state index contributed by atoms with van der Waals surface area (Å²) in [6.07, 6.45) is 2.58. The van der Waals surface area contributed by atoms with Crippen LogP contribution in [0.3, 0.4) is 0 Å². The Labute approximate surface area is 133 Å². The molecule has 3 rings (SSSR count). The number of rotatable bonds is 4. The van der Waals surface area contributed by atoms with Crippen LogP contribution in [0.2, 0.25) is 0 Å². The van der Waals surface area contributed by atoms with Crippen molar-refractivity contribution in [1.82, 2.24) is 15.2 Å². The van der Waals surface area contributed by atoms with Crippen molar-refractivity contribution in [3.8, 4) is 0 Å².